The number of esters is 1. The number of aryl methyl sites for hydroxylation is 1. The fourth-order valence-corrected chi connectivity index (χ4v) is 1.63. The Morgan fingerprint density at radius 3 is 2.50 bits per heavy atom. The number of carboxylic acid groups (broad SMARTS) is 1. The molecule has 7 heteroatoms. The summed E-state index contributed by atoms with van der Waals surface area (Å²) in [6, 6.07) is 0. The van der Waals surface area contributed by atoms with E-state index in [1.54, 1.807) is 13.8 Å². The number of ether oxygens (including phenoxy) is 1. The third kappa shape index (κ3) is 2.93. The number of rotatable bonds is 4. The van der Waals surface area contributed by atoms with E-state index < -0.39 is 17.6 Å². The first-order chi connectivity index (χ1) is 8.36. The van der Waals surface area contributed by atoms with Gasteiger partial charge in [0.05, 0.1) is 13.5 Å². The monoisotopic (exact) mass is 254 g/mol. The average molecular weight is 254 g/mol. The van der Waals surface area contributed by atoms with Crippen molar-refractivity contribution < 1.29 is 19.4 Å². The van der Waals surface area contributed by atoms with E-state index in [2.05, 4.69) is 9.72 Å². The predicted molar refractivity (Wildman–Crippen MR) is 61.3 cm³/mol. The highest BCUT2D eigenvalue weighted by atomic mass is 16.5. The molecule has 18 heavy (non-hydrogen) atoms. The summed E-state index contributed by atoms with van der Waals surface area (Å²) in [5.41, 5.74) is 0.622. The van der Waals surface area contributed by atoms with E-state index in [-0.39, 0.29) is 13.0 Å². The van der Waals surface area contributed by atoms with Crippen LogP contribution in [0, 0.1) is 13.8 Å². The molecule has 0 aliphatic rings. The lowest BCUT2D eigenvalue weighted by atomic mass is 10.1. The highest BCUT2D eigenvalue weighted by Gasteiger charge is 2.16. The largest absolute Gasteiger partial charge is 0.481 e. The lowest BCUT2D eigenvalue weighted by molar-refractivity contribution is -0.141. The normalized spacial score (nSPS) is 10.2. The van der Waals surface area contributed by atoms with Crippen LogP contribution in [-0.2, 0) is 27.3 Å². The summed E-state index contributed by atoms with van der Waals surface area (Å²) >= 11 is 0. The van der Waals surface area contributed by atoms with Gasteiger partial charge in [-0.25, -0.2) is 4.79 Å². The van der Waals surface area contributed by atoms with Crippen LogP contribution in [0.4, 0.5) is 0 Å². The zero-order valence-corrected chi connectivity index (χ0v) is 10.4. The number of methoxy groups -OCH3 is 1. The summed E-state index contributed by atoms with van der Waals surface area (Å²) < 4.78 is 5.58. The highest BCUT2D eigenvalue weighted by molar-refractivity contribution is 5.71. The minimum absolute atomic E-state index is 0.244. The maximum atomic E-state index is 11.6. The Kier molecular flexibility index (Phi) is 4.19. The molecule has 0 atom stereocenters. The molecule has 1 heterocycles. The lowest BCUT2D eigenvalue weighted by Crippen LogP contribution is -2.31. The molecule has 0 amide bonds. The van der Waals surface area contributed by atoms with Gasteiger partial charge in [0.15, 0.2) is 0 Å². The van der Waals surface area contributed by atoms with Crippen LogP contribution in [0.25, 0.3) is 0 Å². The van der Waals surface area contributed by atoms with Crippen molar-refractivity contribution >= 4 is 11.9 Å². The molecule has 0 bridgehead atoms. The van der Waals surface area contributed by atoms with Crippen molar-refractivity contribution in [1.82, 2.24) is 9.55 Å². The number of carbonyl (C=O) groups excluding carboxylic acids is 1. The molecule has 0 radical (unpaired) electrons. The van der Waals surface area contributed by atoms with Gasteiger partial charge in [0.2, 0.25) is 0 Å². The van der Waals surface area contributed by atoms with Crippen molar-refractivity contribution in [2.75, 3.05) is 7.11 Å². The number of hydrogen-bond donors (Lipinski definition) is 1. The van der Waals surface area contributed by atoms with E-state index in [1.165, 1.54) is 7.11 Å². The Hall–Kier alpha value is -2.18. The third-order valence-corrected chi connectivity index (χ3v) is 2.62. The van der Waals surface area contributed by atoms with Gasteiger partial charge in [-0.15, -0.1) is 0 Å². The molecule has 0 aliphatic heterocycles. The first kappa shape index (κ1) is 13.9. The standard InChI is InChI=1S/C11H14N2O5/c1-6-8(4-9(14)15)7(2)13(11(17)12-6)5-10(16)18-3/h4-5H2,1-3H3,(H,14,15). The van der Waals surface area contributed by atoms with Crippen molar-refractivity contribution in [3.05, 3.63) is 27.4 Å². The summed E-state index contributed by atoms with van der Waals surface area (Å²) in [5, 5.41) is 8.80. The van der Waals surface area contributed by atoms with Crippen LogP contribution < -0.4 is 5.69 Å². The van der Waals surface area contributed by atoms with E-state index in [4.69, 9.17) is 5.11 Å². The van der Waals surface area contributed by atoms with Crippen LogP contribution in [0.15, 0.2) is 4.79 Å². The topological polar surface area (TPSA) is 98.5 Å². The van der Waals surface area contributed by atoms with Gasteiger partial charge in [-0.3, -0.25) is 14.2 Å². The fraction of sp³-hybridized carbons (Fsp3) is 0.455. The third-order valence-electron chi connectivity index (χ3n) is 2.62. The van der Waals surface area contributed by atoms with Crippen molar-refractivity contribution in [2.24, 2.45) is 0 Å². The smallest absolute Gasteiger partial charge is 0.348 e. The van der Waals surface area contributed by atoms with Gasteiger partial charge in [0, 0.05) is 17.0 Å². The van der Waals surface area contributed by atoms with Crippen LogP contribution in [0.3, 0.4) is 0 Å². The van der Waals surface area contributed by atoms with Gasteiger partial charge in [0.1, 0.15) is 6.54 Å². The minimum atomic E-state index is -1.02. The first-order valence-corrected chi connectivity index (χ1v) is 5.22. The summed E-state index contributed by atoms with van der Waals surface area (Å²) in [6.45, 7) is 2.87. The van der Waals surface area contributed by atoms with Crippen LogP contribution in [-0.4, -0.2) is 33.7 Å². The van der Waals surface area contributed by atoms with E-state index >= 15 is 0 Å². The fourth-order valence-electron chi connectivity index (χ4n) is 1.63. The summed E-state index contributed by atoms with van der Waals surface area (Å²) in [5.74, 6) is -1.61. The van der Waals surface area contributed by atoms with Gasteiger partial charge in [-0.1, -0.05) is 0 Å². The molecule has 1 aromatic rings. The van der Waals surface area contributed by atoms with Crippen LogP contribution in [0.1, 0.15) is 17.0 Å². The van der Waals surface area contributed by atoms with Gasteiger partial charge in [0.25, 0.3) is 0 Å². The molecule has 0 aliphatic carbocycles. The molecule has 0 unspecified atom stereocenters. The molecule has 1 rings (SSSR count). The van der Waals surface area contributed by atoms with Crippen molar-refractivity contribution in [3.8, 4) is 0 Å². The number of aliphatic carboxylic acids is 1. The van der Waals surface area contributed by atoms with Crippen LogP contribution in [0.2, 0.25) is 0 Å². The SMILES string of the molecule is COC(=O)Cn1c(C)c(CC(=O)O)c(C)nc1=O. The molecule has 0 fully saturated rings. The highest BCUT2D eigenvalue weighted by Crippen LogP contribution is 2.10. The van der Waals surface area contributed by atoms with Crippen molar-refractivity contribution in [3.63, 3.8) is 0 Å². The lowest BCUT2D eigenvalue weighted by Gasteiger charge is -2.13. The molecule has 0 spiro atoms. The molecule has 0 aromatic carbocycles. The maximum Gasteiger partial charge on any atom is 0.348 e. The summed E-state index contributed by atoms with van der Waals surface area (Å²) in [4.78, 5) is 37.3. The predicted octanol–water partition coefficient (Wildman–Crippen LogP) is -0.340. The quantitative estimate of drug-likeness (QED) is 0.738. The minimum Gasteiger partial charge on any atom is -0.481 e. The maximum absolute atomic E-state index is 11.6. The van der Waals surface area contributed by atoms with Crippen molar-refractivity contribution in [2.45, 2.75) is 26.8 Å². The van der Waals surface area contributed by atoms with Crippen molar-refractivity contribution in [1.29, 1.82) is 0 Å². The average Bonchev–Trinajstić information content (AvgIpc) is 2.29. The molecule has 1 aromatic heterocycles. The Balaban J connectivity index is 3.30. The molecule has 1 N–H and O–H groups in total. The Morgan fingerprint density at radius 2 is 2.00 bits per heavy atom. The molecule has 0 saturated heterocycles. The second kappa shape index (κ2) is 5.44. The second-order valence-corrected chi connectivity index (χ2v) is 3.78. The Labute approximate surface area is 103 Å². The number of hydrogen-bond acceptors (Lipinski definition) is 5. The number of carbonyl (C=O) groups is 2. The number of aromatic nitrogens is 2. The van der Waals surface area contributed by atoms with Gasteiger partial charge in [-0.05, 0) is 13.8 Å². The molecular weight excluding hydrogens is 240 g/mol. The van der Waals surface area contributed by atoms with Crippen LogP contribution in [0.5, 0.6) is 0 Å². The number of nitrogens with zero attached hydrogens (tertiary/aromatic N) is 2. The molecule has 0 saturated carbocycles. The van der Waals surface area contributed by atoms with Gasteiger partial charge in [-0.2, -0.15) is 4.98 Å². The molecule has 7 nitrogen and oxygen atoms in total. The van der Waals surface area contributed by atoms with Gasteiger partial charge < -0.3 is 9.84 Å². The Morgan fingerprint density at radius 1 is 1.39 bits per heavy atom. The summed E-state index contributed by atoms with van der Waals surface area (Å²) in [6.07, 6.45) is -0.244. The van der Waals surface area contributed by atoms with Gasteiger partial charge >= 0.3 is 17.6 Å². The molecule has 98 valence electrons. The van der Waals surface area contributed by atoms with E-state index in [0.717, 1.165) is 4.57 Å². The molecular formula is C11H14N2O5. The summed E-state index contributed by atoms with van der Waals surface area (Å²) in [7, 11) is 1.21. The Bertz CT molecular complexity index is 547. The first-order valence-electron chi connectivity index (χ1n) is 5.22. The second-order valence-electron chi connectivity index (χ2n) is 3.78. The number of carboxylic acids is 1. The van der Waals surface area contributed by atoms with E-state index in [9.17, 15) is 14.4 Å². The zero-order chi connectivity index (χ0) is 13.9. The van der Waals surface area contributed by atoms with E-state index in [0.29, 0.717) is 17.0 Å². The van der Waals surface area contributed by atoms with Crippen LogP contribution >= 0.6 is 0 Å². The van der Waals surface area contributed by atoms with E-state index in [1.807, 2.05) is 0 Å². The zero-order valence-electron chi connectivity index (χ0n) is 10.4.